The molecule has 144 valence electrons. The van der Waals surface area contributed by atoms with Crippen molar-refractivity contribution in [3.63, 3.8) is 0 Å². The lowest BCUT2D eigenvalue weighted by Crippen LogP contribution is -2.37. The highest BCUT2D eigenvalue weighted by atomic mass is 16.5. The zero-order chi connectivity index (χ0) is 18.5. The molecule has 3 fully saturated rings. The summed E-state index contributed by atoms with van der Waals surface area (Å²) in [5, 5.41) is 13.7. The molecular weight excluding hydrogens is 330 g/mol. The van der Waals surface area contributed by atoms with Gasteiger partial charge in [-0.15, -0.1) is 0 Å². The number of likely N-dealkylation sites (tertiary alicyclic amines) is 2. The molecule has 2 aliphatic heterocycles. The Balaban J connectivity index is 1.42. The summed E-state index contributed by atoms with van der Waals surface area (Å²) in [7, 11) is 0. The van der Waals surface area contributed by atoms with E-state index in [1.807, 2.05) is 11.0 Å². The van der Waals surface area contributed by atoms with E-state index in [0.717, 1.165) is 51.1 Å². The van der Waals surface area contributed by atoms with Crippen LogP contribution in [0.15, 0.2) is 10.6 Å². The Morgan fingerprint density at radius 3 is 2.77 bits per heavy atom. The van der Waals surface area contributed by atoms with Crippen LogP contribution in [0, 0.1) is 10.8 Å². The molecule has 3 aliphatic rings. The van der Waals surface area contributed by atoms with Crippen molar-refractivity contribution >= 4 is 5.91 Å². The number of fused-ring (bicyclic) bond motifs is 2. The molecule has 1 aliphatic carbocycles. The number of piperidine rings is 1. The van der Waals surface area contributed by atoms with E-state index in [2.05, 4.69) is 30.8 Å². The molecule has 6 heteroatoms. The van der Waals surface area contributed by atoms with Crippen molar-refractivity contribution < 1.29 is 14.4 Å². The number of aliphatic hydroxyl groups is 1. The summed E-state index contributed by atoms with van der Waals surface area (Å²) in [6, 6.07) is 2.13. The van der Waals surface area contributed by atoms with Crippen LogP contribution in [0.4, 0.5) is 0 Å². The van der Waals surface area contributed by atoms with Crippen molar-refractivity contribution in [3.8, 4) is 0 Å². The lowest BCUT2D eigenvalue weighted by molar-refractivity contribution is 0.0694. The standard InChI is InChI=1S/C20H31N3O3/c1-19(2)9-14-10-20(3,12-19)13-23(14)18(25)17-8-16(26-21-17)11-22-6-4-15(24)5-7-22/h8,14-15,24H,4-7,9-13H2,1-3H3/t14-,20-/m1/s1. The smallest absolute Gasteiger partial charge is 0.276 e. The summed E-state index contributed by atoms with van der Waals surface area (Å²) in [5.41, 5.74) is 0.954. The number of hydrogen-bond acceptors (Lipinski definition) is 5. The van der Waals surface area contributed by atoms with Crippen molar-refractivity contribution in [2.75, 3.05) is 19.6 Å². The highest BCUT2D eigenvalue weighted by Gasteiger charge is 2.51. The van der Waals surface area contributed by atoms with E-state index >= 15 is 0 Å². The Morgan fingerprint density at radius 1 is 1.31 bits per heavy atom. The van der Waals surface area contributed by atoms with Gasteiger partial charge in [0.15, 0.2) is 11.5 Å². The van der Waals surface area contributed by atoms with Gasteiger partial charge in [-0.1, -0.05) is 25.9 Å². The van der Waals surface area contributed by atoms with E-state index in [9.17, 15) is 9.90 Å². The first-order chi connectivity index (χ1) is 12.2. The topological polar surface area (TPSA) is 69.8 Å². The maximum absolute atomic E-state index is 13.0. The average Bonchev–Trinajstić information content (AvgIpc) is 3.10. The number of rotatable bonds is 3. The molecule has 2 saturated heterocycles. The van der Waals surface area contributed by atoms with Gasteiger partial charge in [-0.2, -0.15) is 0 Å². The van der Waals surface area contributed by atoms with Gasteiger partial charge in [-0.25, -0.2) is 0 Å². The van der Waals surface area contributed by atoms with Gasteiger partial charge in [-0.3, -0.25) is 9.69 Å². The first-order valence-electron chi connectivity index (χ1n) is 9.90. The van der Waals surface area contributed by atoms with Gasteiger partial charge in [0.25, 0.3) is 5.91 Å². The van der Waals surface area contributed by atoms with Crippen LogP contribution in [0.5, 0.6) is 0 Å². The molecule has 4 rings (SSSR count). The highest BCUT2D eigenvalue weighted by molar-refractivity contribution is 5.92. The predicted octanol–water partition coefficient (Wildman–Crippen LogP) is 2.67. The summed E-state index contributed by atoms with van der Waals surface area (Å²) >= 11 is 0. The Kier molecular flexibility index (Phi) is 4.39. The van der Waals surface area contributed by atoms with Gasteiger partial charge in [0.1, 0.15) is 0 Å². The number of carbonyl (C=O) groups excluding carboxylic acids is 1. The quantitative estimate of drug-likeness (QED) is 0.896. The molecule has 1 amide bonds. The van der Waals surface area contributed by atoms with Crippen LogP contribution in [-0.4, -0.2) is 57.8 Å². The summed E-state index contributed by atoms with van der Waals surface area (Å²) in [5.74, 6) is 0.749. The van der Waals surface area contributed by atoms with Gasteiger partial charge in [0.05, 0.1) is 12.6 Å². The molecule has 0 aromatic carbocycles. The predicted molar refractivity (Wildman–Crippen MR) is 97.6 cm³/mol. The summed E-state index contributed by atoms with van der Waals surface area (Å²) in [6.45, 7) is 10.1. The highest BCUT2D eigenvalue weighted by Crippen LogP contribution is 2.52. The normalized spacial score (nSPS) is 32.2. The molecular formula is C20H31N3O3. The average molecular weight is 361 g/mol. The maximum atomic E-state index is 13.0. The fraction of sp³-hybridized carbons (Fsp3) is 0.800. The van der Waals surface area contributed by atoms with Crippen molar-refractivity contribution in [3.05, 3.63) is 17.5 Å². The Morgan fingerprint density at radius 2 is 2.04 bits per heavy atom. The number of carbonyl (C=O) groups is 1. The molecule has 3 heterocycles. The number of aromatic nitrogens is 1. The number of amides is 1. The molecule has 6 nitrogen and oxygen atoms in total. The molecule has 1 aromatic heterocycles. The van der Waals surface area contributed by atoms with E-state index in [1.54, 1.807) is 0 Å². The minimum atomic E-state index is -0.182. The molecule has 26 heavy (non-hydrogen) atoms. The minimum absolute atomic E-state index is 0.0143. The van der Waals surface area contributed by atoms with Gasteiger partial charge in [-0.05, 0) is 42.9 Å². The van der Waals surface area contributed by atoms with Crippen LogP contribution >= 0.6 is 0 Å². The minimum Gasteiger partial charge on any atom is -0.393 e. The fourth-order valence-corrected chi connectivity index (χ4v) is 5.63. The van der Waals surface area contributed by atoms with Gasteiger partial charge in [0.2, 0.25) is 0 Å². The molecule has 1 saturated carbocycles. The van der Waals surface area contributed by atoms with E-state index < -0.39 is 0 Å². The van der Waals surface area contributed by atoms with E-state index in [-0.39, 0.29) is 17.4 Å². The van der Waals surface area contributed by atoms with Crippen molar-refractivity contribution in [1.82, 2.24) is 15.0 Å². The first-order valence-corrected chi connectivity index (χ1v) is 9.90. The largest absolute Gasteiger partial charge is 0.393 e. The van der Waals surface area contributed by atoms with E-state index in [1.165, 1.54) is 6.42 Å². The molecule has 2 atom stereocenters. The zero-order valence-corrected chi connectivity index (χ0v) is 16.2. The summed E-state index contributed by atoms with van der Waals surface area (Å²) in [6.07, 6.45) is 4.75. The van der Waals surface area contributed by atoms with Crippen LogP contribution in [0.1, 0.15) is 69.1 Å². The van der Waals surface area contributed by atoms with Gasteiger partial charge >= 0.3 is 0 Å². The van der Waals surface area contributed by atoms with Crippen molar-refractivity contribution in [2.45, 2.75) is 71.6 Å². The monoisotopic (exact) mass is 361 g/mol. The molecule has 0 spiro atoms. The second-order valence-corrected chi connectivity index (χ2v) is 9.83. The van der Waals surface area contributed by atoms with Crippen molar-refractivity contribution in [2.24, 2.45) is 10.8 Å². The third-order valence-electron chi connectivity index (χ3n) is 6.39. The van der Waals surface area contributed by atoms with Crippen LogP contribution in [0.3, 0.4) is 0 Å². The SMILES string of the molecule is CC1(C)C[C@@H]2C[C@@](C)(CN2C(=O)c2cc(CN3CCC(O)CC3)on2)C1. The molecule has 0 unspecified atom stereocenters. The number of nitrogens with zero attached hydrogens (tertiary/aromatic N) is 3. The van der Waals surface area contributed by atoms with Crippen LogP contribution in [0.2, 0.25) is 0 Å². The van der Waals surface area contributed by atoms with Crippen LogP contribution < -0.4 is 0 Å². The second-order valence-electron chi connectivity index (χ2n) is 9.83. The molecule has 0 radical (unpaired) electrons. The third kappa shape index (κ3) is 3.54. The maximum Gasteiger partial charge on any atom is 0.276 e. The molecule has 2 bridgehead atoms. The van der Waals surface area contributed by atoms with Crippen molar-refractivity contribution in [1.29, 1.82) is 0 Å². The number of aliphatic hydroxyl groups excluding tert-OH is 1. The summed E-state index contributed by atoms with van der Waals surface area (Å²) in [4.78, 5) is 17.3. The fourth-order valence-electron chi connectivity index (χ4n) is 5.63. The third-order valence-corrected chi connectivity index (χ3v) is 6.39. The van der Waals surface area contributed by atoms with E-state index in [4.69, 9.17) is 4.52 Å². The van der Waals surface area contributed by atoms with E-state index in [0.29, 0.717) is 23.7 Å². The van der Waals surface area contributed by atoms with Crippen LogP contribution in [-0.2, 0) is 6.54 Å². The van der Waals surface area contributed by atoms with Gasteiger partial charge in [0, 0.05) is 31.7 Å². The zero-order valence-electron chi connectivity index (χ0n) is 16.2. The Bertz CT molecular complexity index is 678. The lowest BCUT2D eigenvalue weighted by Gasteiger charge is -2.39. The van der Waals surface area contributed by atoms with Crippen LogP contribution in [0.25, 0.3) is 0 Å². The second kappa shape index (κ2) is 6.34. The molecule has 1 N–H and O–H groups in total. The Labute approximate surface area is 155 Å². The first kappa shape index (κ1) is 18.0. The summed E-state index contributed by atoms with van der Waals surface area (Å²) < 4.78 is 5.45. The lowest BCUT2D eigenvalue weighted by atomic mass is 9.65. The number of hydrogen-bond donors (Lipinski definition) is 1. The molecule has 1 aromatic rings. The Hall–Kier alpha value is -1.40. The van der Waals surface area contributed by atoms with Gasteiger partial charge < -0.3 is 14.5 Å².